The van der Waals surface area contributed by atoms with Crippen molar-refractivity contribution in [1.29, 1.82) is 0 Å². The zero-order chi connectivity index (χ0) is 28.0. The summed E-state index contributed by atoms with van der Waals surface area (Å²) >= 11 is 6.04. The number of ether oxygens (including phenoxy) is 2. The summed E-state index contributed by atoms with van der Waals surface area (Å²) in [6.45, 7) is 1.53. The molecule has 4 rings (SSSR count). The van der Waals surface area contributed by atoms with Crippen LogP contribution in [0, 0.1) is 6.92 Å². The van der Waals surface area contributed by atoms with Crippen LogP contribution in [0.5, 0.6) is 5.75 Å². The quantitative estimate of drug-likeness (QED) is 0.136. The first-order chi connectivity index (χ1) is 18.7. The first-order valence-corrected chi connectivity index (χ1v) is 13.9. The van der Waals surface area contributed by atoms with Gasteiger partial charge in [-0.2, -0.15) is 4.98 Å². The summed E-state index contributed by atoms with van der Waals surface area (Å²) < 4.78 is 37.2. The number of nitrogens with two attached hydrogens (primary N) is 1. The van der Waals surface area contributed by atoms with Crippen LogP contribution in [0.25, 0.3) is 11.2 Å². The van der Waals surface area contributed by atoms with Crippen LogP contribution in [0.1, 0.15) is 21.5 Å². The molecule has 2 aromatic carbocycles. The lowest BCUT2D eigenvalue weighted by Crippen LogP contribution is -2.14. The molecule has 0 aliphatic carbocycles. The van der Waals surface area contributed by atoms with Gasteiger partial charge in [-0.3, -0.25) is 23.7 Å². The van der Waals surface area contributed by atoms with Gasteiger partial charge in [0.1, 0.15) is 18.7 Å². The Bertz CT molecular complexity index is 1590. The number of Topliss-reactive ketones (excluding diaryl/α,β-unsaturated/α-hetero) is 1. The summed E-state index contributed by atoms with van der Waals surface area (Å²) in [5, 5.41) is 0.494. The number of benzene rings is 2. The third-order valence-electron chi connectivity index (χ3n) is 5.65. The molecule has 0 saturated carbocycles. The number of rotatable bonds is 13. The molecular formula is C25H27ClN5O7P. The summed E-state index contributed by atoms with van der Waals surface area (Å²) in [5.74, 6) is 0.217. The summed E-state index contributed by atoms with van der Waals surface area (Å²) in [6, 6.07) is 11.8. The maximum atomic E-state index is 13.6. The Labute approximate surface area is 228 Å². The van der Waals surface area contributed by atoms with E-state index in [1.165, 1.54) is 6.33 Å². The predicted molar refractivity (Wildman–Crippen MR) is 145 cm³/mol. The van der Waals surface area contributed by atoms with Crippen LogP contribution in [-0.2, 0) is 31.5 Å². The highest BCUT2D eigenvalue weighted by atomic mass is 35.5. The molecule has 0 aliphatic rings. The molecule has 12 nitrogen and oxygen atoms in total. The Kier molecular flexibility index (Phi) is 9.16. The molecule has 0 spiro atoms. The number of imidazole rings is 1. The third-order valence-corrected chi connectivity index (χ3v) is 7.42. The van der Waals surface area contributed by atoms with Crippen molar-refractivity contribution in [3.8, 4) is 5.75 Å². The number of H-pyrrole nitrogens is 1. The SMILES string of the molecule is COc1ccc(C(=O)COP(=O)(COCCn2cnc3c(=O)[nH]c(N)nc32)OCc2cccc(Cl)c2)cc1C. The van der Waals surface area contributed by atoms with E-state index in [1.54, 1.807) is 54.1 Å². The van der Waals surface area contributed by atoms with E-state index >= 15 is 0 Å². The number of nitrogens with one attached hydrogen (secondary N) is 1. The minimum atomic E-state index is -3.90. The average molecular weight is 576 g/mol. The largest absolute Gasteiger partial charge is 0.496 e. The van der Waals surface area contributed by atoms with Gasteiger partial charge >= 0.3 is 7.60 Å². The van der Waals surface area contributed by atoms with Crippen LogP contribution in [-0.4, -0.2) is 52.0 Å². The number of halogens is 1. The van der Waals surface area contributed by atoms with Gasteiger partial charge in [-0.25, -0.2) is 4.98 Å². The summed E-state index contributed by atoms with van der Waals surface area (Å²) in [5.41, 5.74) is 7.42. The van der Waals surface area contributed by atoms with E-state index in [0.717, 1.165) is 5.56 Å². The fourth-order valence-electron chi connectivity index (χ4n) is 3.68. The van der Waals surface area contributed by atoms with Gasteiger partial charge in [0.15, 0.2) is 16.9 Å². The van der Waals surface area contributed by atoms with Crippen molar-refractivity contribution in [2.45, 2.75) is 20.1 Å². The lowest BCUT2D eigenvalue weighted by molar-refractivity contribution is 0.0855. The summed E-state index contributed by atoms with van der Waals surface area (Å²) in [7, 11) is -2.35. The van der Waals surface area contributed by atoms with Crippen molar-refractivity contribution in [2.75, 3.05) is 32.4 Å². The number of anilines is 1. The van der Waals surface area contributed by atoms with Gasteiger partial charge in [0, 0.05) is 17.1 Å². The maximum Gasteiger partial charge on any atom is 0.356 e. The van der Waals surface area contributed by atoms with Gasteiger partial charge in [-0.15, -0.1) is 0 Å². The normalized spacial score (nSPS) is 12.9. The number of carbonyl (C=O) groups excluding carboxylic acids is 1. The van der Waals surface area contributed by atoms with Crippen LogP contribution in [0.4, 0.5) is 5.95 Å². The number of methoxy groups -OCH3 is 1. The molecule has 2 heterocycles. The second-order valence-corrected chi connectivity index (χ2v) is 10.9. The second kappa shape index (κ2) is 12.5. The molecule has 0 amide bonds. The highest BCUT2D eigenvalue weighted by molar-refractivity contribution is 7.53. The van der Waals surface area contributed by atoms with Crippen molar-refractivity contribution in [3.63, 3.8) is 0 Å². The third kappa shape index (κ3) is 7.31. The Morgan fingerprint density at radius 3 is 2.77 bits per heavy atom. The van der Waals surface area contributed by atoms with Crippen LogP contribution < -0.4 is 16.0 Å². The molecule has 0 fully saturated rings. The van der Waals surface area contributed by atoms with Gasteiger partial charge in [0.25, 0.3) is 5.56 Å². The molecule has 206 valence electrons. The van der Waals surface area contributed by atoms with Gasteiger partial charge in [0.2, 0.25) is 5.95 Å². The molecule has 0 aliphatic heterocycles. The molecule has 0 saturated heterocycles. The monoisotopic (exact) mass is 575 g/mol. The fourth-order valence-corrected chi connectivity index (χ4v) is 5.13. The zero-order valence-corrected chi connectivity index (χ0v) is 22.9. The molecular weight excluding hydrogens is 549 g/mol. The molecule has 2 aromatic heterocycles. The first-order valence-electron chi connectivity index (χ1n) is 11.8. The highest BCUT2D eigenvalue weighted by Gasteiger charge is 2.27. The number of fused-ring (bicyclic) bond motifs is 1. The van der Waals surface area contributed by atoms with E-state index in [-0.39, 0.29) is 42.7 Å². The smallest absolute Gasteiger partial charge is 0.356 e. The molecule has 3 N–H and O–H groups in total. The molecule has 0 radical (unpaired) electrons. The van der Waals surface area contributed by atoms with Crippen molar-refractivity contribution in [1.82, 2.24) is 19.5 Å². The number of nitrogens with zero attached hydrogens (tertiary/aromatic N) is 3. The Morgan fingerprint density at radius 2 is 2.03 bits per heavy atom. The highest BCUT2D eigenvalue weighted by Crippen LogP contribution is 2.49. The molecule has 0 bridgehead atoms. The van der Waals surface area contributed by atoms with Crippen molar-refractivity contribution in [3.05, 3.63) is 80.9 Å². The number of hydrogen-bond acceptors (Lipinski definition) is 10. The standard InChI is InChI=1S/C25H27ClN5O7P/c1-16-10-18(6-7-21(16)35-2)20(32)13-38-39(34,37-12-17-4-3-5-19(26)11-17)15-36-9-8-31-14-28-22-23(31)29-25(27)30-24(22)33/h3-7,10-11,14H,8-9,12-13,15H2,1-2H3,(H3,27,29,30,33). The van der Waals surface area contributed by atoms with Crippen molar-refractivity contribution >= 4 is 42.1 Å². The number of hydrogen-bond donors (Lipinski definition) is 2. The summed E-state index contributed by atoms with van der Waals surface area (Å²) in [4.78, 5) is 35.3. The topological polar surface area (TPSA) is 161 Å². The second-order valence-electron chi connectivity index (χ2n) is 8.49. The molecule has 39 heavy (non-hydrogen) atoms. The van der Waals surface area contributed by atoms with E-state index in [2.05, 4.69) is 15.0 Å². The van der Waals surface area contributed by atoms with E-state index in [0.29, 0.717) is 21.9 Å². The van der Waals surface area contributed by atoms with Crippen molar-refractivity contribution < 1.29 is 27.9 Å². The molecule has 14 heteroatoms. The molecule has 4 aromatic rings. The Balaban J connectivity index is 1.41. The number of nitrogen functional groups attached to an aromatic ring is 1. The zero-order valence-electron chi connectivity index (χ0n) is 21.3. The van der Waals surface area contributed by atoms with Crippen molar-refractivity contribution in [2.24, 2.45) is 0 Å². The van der Waals surface area contributed by atoms with E-state index in [9.17, 15) is 14.2 Å². The number of aromatic amines is 1. The lowest BCUT2D eigenvalue weighted by Gasteiger charge is -2.19. The Morgan fingerprint density at radius 1 is 1.21 bits per heavy atom. The van der Waals surface area contributed by atoms with Crippen LogP contribution >= 0.6 is 19.2 Å². The molecule has 1 atom stereocenters. The van der Waals surface area contributed by atoms with Gasteiger partial charge < -0.3 is 24.3 Å². The fraction of sp³-hybridized carbons (Fsp3) is 0.280. The summed E-state index contributed by atoms with van der Waals surface area (Å²) in [6.07, 6.45) is 1.00. The van der Waals surface area contributed by atoms with Gasteiger partial charge in [-0.1, -0.05) is 23.7 Å². The molecule has 1 unspecified atom stereocenters. The number of ketones is 1. The Hall–Kier alpha value is -3.54. The van der Waals surface area contributed by atoms with E-state index < -0.39 is 26.1 Å². The average Bonchev–Trinajstić information content (AvgIpc) is 3.32. The van der Waals surface area contributed by atoms with Gasteiger partial charge in [0.05, 0.1) is 26.7 Å². The number of aromatic nitrogens is 4. The first kappa shape index (κ1) is 28.5. The maximum absolute atomic E-state index is 13.6. The van der Waals surface area contributed by atoms with E-state index in [1.807, 2.05) is 6.92 Å². The minimum absolute atomic E-state index is 0.0424. The van der Waals surface area contributed by atoms with Crippen LogP contribution in [0.15, 0.2) is 53.6 Å². The minimum Gasteiger partial charge on any atom is -0.496 e. The van der Waals surface area contributed by atoms with E-state index in [4.69, 9.17) is 35.9 Å². The van der Waals surface area contributed by atoms with Gasteiger partial charge in [-0.05, 0) is 48.4 Å². The van der Waals surface area contributed by atoms with Crippen LogP contribution in [0.2, 0.25) is 5.02 Å². The van der Waals surface area contributed by atoms with Crippen LogP contribution in [0.3, 0.4) is 0 Å². The lowest BCUT2D eigenvalue weighted by atomic mass is 10.1. The number of carbonyl (C=O) groups is 1. The number of aryl methyl sites for hydroxylation is 1. The predicted octanol–water partition coefficient (Wildman–Crippen LogP) is 3.96.